The summed E-state index contributed by atoms with van der Waals surface area (Å²) in [5.41, 5.74) is 1.09. The second kappa shape index (κ2) is 9.33. The van der Waals surface area contributed by atoms with Crippen molar-refractivity contribution in [3.63, 3.8) is 0 Å². The van der Waals surface area contributed by atoms with Crippen molar-refractivity contribution in [1.82, 2.24) is 5.32 Å². The Morgan fingerprint density at radius 2 is 1.89 bits per heavy atom. The summed E-state index contributed by atoms with van der Waals surface area (Å²) < 4.78 is 13.2. The molecule has 0 aliphatic carbocycles. The van der Waals surface area contributed by atoms with Crippen LogP contribution in [0.15, 0.2) is 18.2 Å². The van der Waals surface area contributed by atoms with Crippen molar-refractivity contribution < 1.29 is 4.39 Å². The van der Waals surface area contributed by atoms with Crippen molar-refractivity contribution in [2.75, 3.05) is 6.54 Å². The van der Waals surface area contributed by atoms with Crippen molar-refractivity contribution in [3.05, 3.63) is 34.6 Å². The van der Waals surface area contributed by atoms with Gasteiger partial charge in [0.05, 0.1) is 5.02 Å². The summed E-state index contributed by atoms with van der Waals surface area (Å²) in [6, 6.07) is 5.32. The minimum absolute atomic E-state index is 0.214. The highest BCUT2D eigenvalue weighted by Crippen LogP contribution is 2.24. The number of hydrogen-bond donors (Lipinski definition) is 1. The van der Waals surface area contributed by atoms with Gasteiger partial charge in [0, 0.05) is 6.04 Å². The van der Waals surface area contributed by atoms with Gasteiger partial charge in [0.15, 0.2) is 0 Å². The van der Waals surface area contributed by atoms with Crippen molar-refractivity contribution in [1.29, 1.82) is 0 Å². The highest BCUT2D eigenvalue weighted by molar-refractivity contribution is 6.30. The van der Waals surface area contributed by atoms with E-state index >= 15 is 0 Å². The highest BCUT2D eigenvalue weighted by Gasteiger charge is 2.11. The summed E-state index contributed by atoms with van der Waals surface area (Å²) in [5, 5.41) is 3.67. The summed E-state index contributed by atoms with van der Waals surface area (Å²) in [6.07, 6.45) is 7.44. The standard InChI is InChI=1S/C16H25ClFN/c1-3-5-6-7-8-9-16(19-4-2)13-10-11-15(18)14(17)12-13/h10-12,16,19H,3-9H2,1-2H3. The molecule has 0 aliphatic heterocycles. The van der Waals surface area contributed by atoms with Gasteiger partial charge in [0.2, 0.25) is 0 Å². The summed E-state index contributed by atoms with van der Waals surface area (Å²) in [5.74, 6) is -0.344. The molecule has 1 aromatic rings. The molecule has 0 saturated carbocycles. The van der Waals surface area contributed by atoms with Crippen molar-refractivity contribution in [2.45, 2.75) is 58.4 Å². The third kappa shape index (κ3) is 5.92. The molecule has 0 radical (unpaired) electrons. The van der Waals surface area contributed by atoms with Gasteiger partial charge in [0.1, 0.15) is 5.82 Å². The van der Waals surface area contributed by atoms with Crippen LogP contribution in [0.2, 0.25) is 5.02 Å². The van der Waals surface area contributed by atoms with Crippen LogP contribution in [0.25, 0.3) is 0 Å². The lowest BCUT2D eigenvalue weighted by Crippen LogP contribution is -2.20. The van der Waals surface area contributed by atoms with Gasteiger partial charge in [-0.3, -0.25) is 0 Å². The lowest BCUT2D eigenvalue weighted by atomic mass is 9.99. The molecule has 0 heterocycles. The van der Waals surface area contributed by atoms with Crippen LogP contribution in [-0.4, -0.2) is 6.54 Å². The lowest BCUT2D eigenvalue weighted by Gasteiger charge is -2.18. The monoisotopic (exact) mass is 285 g/mol. The molecule has 1 aromatic carbocycles. The highest BCUT2D eigenvalue weighted by atomic mass is 35.5. The van der Waals surface area contributed by atoms with Gasteiger partial charge in [0.25, 0.3) is 0 Å². The van der Waals surface area contributed by atoms with Crippen molar-refractivity contribution in [3.8, 4) is 0 Å². The van der Waals surface area contributed by atoms with Gasteiger partial charge in [-0.1, -0.05) is 63.6 Å². The van der Waals surface area contributed by atoms with E-state index in [-0.39, 0.29) is 16.9 Å². The molecular weight excluding hydrogens is 261 g/mol. The zero-order chi connectivity index (χ0) is 14.1. The van der Waals surface area contributed by atoms with Crippen LogP contribution in [-0.2, 0) is 0 Å². The van der Waals surface area contributed by atoms with E-state index in [4.69, 9.17) is 11.6 Å². The lowest BCUT2D eigenvalue weighted by molar-refractivity contribution is 0.478. The van der Waals surface area contributed by atoms with E-state index in [0.717, 1.165) is 18.5 Å². The minimum Gasteiger partial charge on any atom is -0.310 e. The van der Waals surface area contributed by atoms with E-state index < -0.39 is 0 Å². The number of nitrogens with one attached hydrogen (secondary N) is 1. The van der Waals surface area contributed by atoms with Crippen LogP contribution < -0.4 is 5.32 Å². The first kappa shape index (κ1) is 16.5. The molecule has 1 rings (SSSR count). The van der Waals surface area contributed by atoms with Gasteiger partial charge in [-0.05, 0) is 30.7 Å². The van der Waals surface area contributed by atoms with Gasteiger partial charge >= 0.3 is 0 Å². The van der Waals surface area contributed by atoms with E-state index in [9.17, 15) is 4.39 Å². The zero-order valence-corrected chi connectivity index (χ0v) is 12.8. The first-order valence-corrected chi connectivity index (χ1v) is 7.75. The van der Waals surface area contributed by atoms with E-state index in [0.29, 0.717) is 0 Å². The minimum atomic E-state index is -0.344. The quantitative estimate of drug-likeness (QED) is 0.592. The third-order valence-corrected chi connectivity index (χ3v) is 3.68. The third-order valence-electron chi connectivity index (χ3n) is 3.39. The van der Waals surface area contributed by atoms with Crippen LogP contribution in [0.1, 0.15) is 64.0 Å². The molecule has 0 aliphatic rings. The van der Waals surface area contributed by atoms with E-state index in [1.54, 1.807) is 6.07 Å². The molecular formula is C16H25ClFN. The van der Waals surface area contributed by atoms with Crippen molar-refractivity contribution in [2.24, 2.45) is 0 Å². The number of halogens is 2. The number of rotatable bonds is 9. The molecule has 108 valence electrons. The fourth-order valence-electron chi connectivity index (χ4n) is 2.31. The smallest absolute Gasteiger partial charge is 0.141 e. The predicted molar refractivity (Wildman–Crippen MR) is 81.2 cm³/mol. The fraction of sp³-hybridized carbons (Fsp3) is 0.625. The Kier molecular flexibility index (Phi) is 8.08. The molecule has 1 unspecified atom stereocenters. The molecule has 0 fully saturated rings. The fourth-order valence-corrected chi connectivity index (χ4v) is 2.50. The van der Waals surface area contributed by atoms with Crippen LogP contribution in [0.5, 0.6) is 0 Å². The Morgan fingerprint density at radius 3 is 2.53 bits per heavy atom. The molecule has 1 nitrogen and oxygen atoms in total. The number of hydrogen-bond acceptors (Lipinski definition) is 1. The molecule has 1 N–H and O–H groups in total. The van der Waals surface area contributed by atoms with E-state index in [2.05, 4.69) is 19.2 Å². The maximum atomic E-state index is 13.2. The maximum absolute atomic E-state index is 13.2. The van der Waals surface area contributed by atoms with E-state index in [1.165, 1.54) is 38.2 Å². The zero-order valence-electron chi connectivity index (χ0n) is 12.0. The van der Waals surface area contributed by atoms with Crippen LogP contribution in [0.4, 0.5) is 4.39 Å². The SMILES string of the molecule is CCCCCCCC(NCC)c1ccc(F)c(Cl)c1. The average Bonchev–Trinajstić information content (AvgIpc) is 2.40. The molecule has 0 bridgehead atoms. The molecule has 19 heavy (non-hydrogen) atoms. The summed E-state index contributed by atoms with van der Waals surface area (Å²) >= 11 is 5.86. The first-order chi connectivity index (χ1) is 9.19. The maximum Gasteiger partial charge on any atom is 0.141 e. The molecule has 1 atom stereocenters. The van der Waals surface area contributed by atoms with Gasteiger partial charge in [-0.15, -0.1) is 0 Å². The van der Waals surface area contributed by atoms with Crippen molar-refractivity contribution >= 4 is 11.6 Å². The van der Waals surface area contributed by atoms with Crippen LogP contribution in [0, 0.1) is 5.82 Å². The Labute approximate surface area is 121 Å². The van der Waals surface area contributed by atoms with Gasteiger partial charge < -0.3 is 5.32 Å². The Hall–Kier alpha value is -0.600. The molecule has 3 heteroatoms. The Balaban J connectivity index is 2.53. The molecule has 0 amide bonds. The van der Waals surface area contributed by atoms with Crippen LogP contribution >= 0.6 is 11.6 Å². The Bertz CT molecular complexity index is 368. The summed E-state index contributed by atoms with van der Waals surface area (Å²) in [7, 11) is 0. The molecule has 0 aromatic heterocycles. The number of unbranched alkanes of at least 4 members (excludes halogenated alkanes) is 4. The van der Waals surface area contributed by atoms with Crippen LogP contribution in [0.3, 0.4) is 0 Å². The Morgan fingerprint density at radius 1 is 1.16 bits per heavy atom. The number of benzene rings is 1. The first-order valence-electron chi connectivity index (χ1n) is 7.37. The molecule has 0 spiro atoms. The molecule has 0 saturated heterocycles. The van der Waals surface area contributed by atoms with Gasteiger partial charge in [-0.2, -0.15) is 0 Å². The average molecular weight is 286 g/mol. The van der Waals surface area contributed by atoms with E-state index in [1.807, 2.05) is 6.07 Å². The predicted octanol–water partition coefficient (Wildman–Crippen LogP) is 5.49. The summed E-state index contributed by atoms with van der Waals surface area (Å²) in [4.78, 5) is 0. The summed E-state index contributed by atoms with van der Waals surface area (Å²) in [6.45, 7) is 5.23. The van der Waals surface area contributed by atoms with Gasteiger partial charge in [-0.25, -0.2) is 4.39 Å². The second-order valence-electron chi connectivity index (χ2n) is 4.99. The largest absolute Gasteiger partial charge is 0.310 e. The normalized spacial score (nSPS) is 12.6. The topological polar surface area (TPSA) is 12.0 Å². The second-order valence-corrected chi connectivity index (χ2v) is 5.39.